The van der Waals surface area contributed by atoms with Gasteiger partial charge in [-0.15, -0.1) is 0 Å². The number of nitrogen functional groups attached to an aromatic ring is 1. The van der Waals surface area contributed by atoms with Gasteiger partial charge < -0.3 is 10.3 Å². The van der Waals surface area contributed by atoms with Gasteiger partial charge in [0.05, 0.1) is 18.6 Å². The standard InChI is InChI=1S/C12H12N6/c13-10-5-11(7-17-3-1-14-8-17)16-12(6-10)18-4-2-15-9-18/h1-6,8-9H,7H2,(H2,13,16). The first-order chi connectivity index (χ1) is 8.81. The first kappa shape index (κ1) is 10.5. The SMILES string of the molecule is Nc1cc(Cn2ccnc2)nc(-n2ccnc2)c1. The molecule has 90 valence electrons. The summed E-state index contributed by atoms with van der Waals surface area (Å²) in [6.45, 7) is 0.646. The number of imidazole rings is 2. The molecule has 0 aromatic carbocycles. The number of hydrogen-bond acceptors (Lipinski definition) is 4. The molecular formula is C12H12N6. The van der Waals surface area contributed by atoms with Crippen molar-refractivity contribution in [3.05, 3.63) is 55.3 Å². The molecule has 0 saturated heterocycles. The van der Waals surface area contributed by atoms with E-state index < -0.39 is 0 Å². The van der Waals surface area contributed by atoms with E-state index in [1.54, 1.807) is 25.0 Å². The van der Waals surface area contributed by atoms with Crippen LogP contribution in [0.4, 0.5) is 5.69 Å². The Morgan fingerprint density at radius 1 is 1.06 bits per heavy atom. The van der Waals surface area contributed by atoms with Gasteiger partial charge in [-0.25, -0.2) is 15.0 Å². The highest BCUT2D eigenvalue weighted by Crippen LogP contribution is 2.12. The number of nitrogens with two attached hydrogens (primary N) is 1. The Balaban J connectivity index is 1.96. The van der Waals surface area contributed by atoms with Gasteiger partial charge in [-0.05, 0) is 6.07 Å². The maximum atomic E-state index is 5.90. The summed E-state index contributed by atoms with van der Waals surface area (Å²) in [5, 5.41) is 0. The maximum absolute atomic E-state index is 5.90. The average molecular weight is 240 g/mol. The van der Waals surface area contributed by atoms with Gasteiger partial charge in [0, 0.05) is 36.5 Å². The fourth-order valence-electron chi connectivity index (χ4n) is 1.77. The van der Waals surface area contributed by atoms with Gasteiger partial charge in [-0.2, -0.15) is 0 Å². The Kier molecular flexibility index (Phi) is 2.53. The lowest BCUT2D eigenvalue weighted by atomic mass is 10.3. The van der Waals surface area contributed by atoms with Gasteiger partial charge in [0.25, 0.3) is 0 Å². The van der Waals surface area contributed by atoms with E-state index in [1.165, 1.54) is 0 Å². The van der Waals surface area contributed by atoms with Gasteiger partial charge >= 0.3 is 0 Å². The molecule has 18 heavy (non-hydrogen) atoms. The van der Waals surface area contributed by atoms with E-state index in [0.29, 0.717) is 12.2 Å². The summed E-state index contributed by atoms with van der Waals surface area (Å²) >= 11 is 0. The molecule has 0 fully saturated rings. The van der Waals surface area contributed by atoms with Crippen LogP contribution < -0.4 is 5.73 Å². The molecule has 0 amide bonds. The molecule has 0 atom stereocenters. The van der Waals surface area contributed by atoms with E-state index in [1.807, 2.05) is 33.7 Å². The topological polar surface area (TPSA) is 74.6 Å². The molecule has 3 rings (SSSR count). The zero-order chi connectivity index (χ0) is 12.4. The molecule has 0 aliphatic rings. The van der Waals surface area contributed by atoms with Gasteiger partial charge in [-0.1, -0.05) is 0 Å². The van der Waals surface area contributed by atoms with Crippen LogP contribution in [-0.4, -0.2) is 24.1 Å². The Hall–Kier alpha value is -2.63. The fraction of sp³-hybridized carbons (Fsp3) is 0.0833. The number of aromatic nitrogens is 5. The largest absolute Gasteiger partial charge is 0.399 e. The van der Waals surface area contributed by atoms with Crippen LogP contribution >= 0.6 is 0 Å². The van der Waals surface area contributed by atoms with E-state index in [9.17, 15) is 0 Å². The molecule has 3 aromatic heterocycles. The van der Waals surface area contributed by atoms with Crippen molar-refractivity contribution < 1.29 is 0 Å². The Labute approximate surface area is 104 Å². The van der Waals surface area contributed by atoms with E-state index in [2.05, 4.69) is 15.0 Å². The molecule has 0 saturated carbocycles. The average Bonchev–Trinajstić information content (AvgIpc) is 3.00. The van der Waals surface area contributed by atoms with E-state index in [0.717, 1.165) is 11.5 Å². The smallest absolute Gasteiger partial charge is 0.140 e. The predicted octanol–water partition coefficient (Wildman–Crippen LogP) is 1.09. The zero-order valence-corrected chi connectivity index (χ0v) is 9.64. The number of anilines is 1. The third-order valence-corrected chi connectivity index (χ3v) is 2.56. The second-order valence-electron chi connectivity index (χ2n) is 3.95. The van der Waals surface area contributed by atoms with Crippen molar-refractivity contribution in [2.45, 2.75) is 6.54 Å². The van der Waals surface area contributed by atoms with Crippen LogP contribution in [0.5, 0.6) is 0 Å². The normalized spacial score (nSPS) is 10.7. The summed E-state index contributed by atoms with van der Waals surface area (Å²) in [5.41, 5.74) is 7.47. The van der Waals surface area contributed by atoms with Crippen LogP contribution in [0.25, 0.3) is 5.82 Å². The molecule has 0 unspecified atom stereocenters. The quantitative estimate of drug-likeness (QED) is 0.743. The lowest BCUT2D eigenvalue weighted by Crippen LogP contribution is -2.04. The number of nitrogens with zero attached hydrogens (tertiary/aromatic N) is 5. The first-order valence-corrected chi connectivity index (χ1v) is 5.52. The lowest BCUT2D eigenvalue weighted by molar-refractivity contribution is 0.767. The van der Waals surface area contributed by atoms with Crippen LogP contribution in [0, 0.1) is 0 Å². The van der Waals surface area contributed by atoms with Crippen LogP contribution in [0.3, 0.4) is 0 Å². The third kappa shape index (κ3) is 2.08. The maximum Gasteiger partial charge on any atom is 0.140 e. The van der Waals surface area contributed by atoms with Gasteiger partial charge in [0.1, 0.15) is 12.1 Å². The highest BCUT2D eigenvalue weighted by atomic mass is 15.1. The summed E-state index contributed by atoms with van der Waals surface area (Å²) in [6.07, 6.45) is 10.6. The Morgan fingerprint density at radius 2 is 1.89 bits per heavy atom. The minimum Gasteiger partial charge on any atom is -0.399 e. The fourth-order valence-corrected chi connectivity index (χ4v) is 1.77. The highest BCUT2D eigenvalue weighted by molar-refractivity contribution is 5.45. The highest BCUT2D eigenvalue weighted by Gasteiger charge is 2.03. The van der Waals surface area contributed by atoms with Crippen LogP contribution in [0.1, 0.15) is 5.69 Å². The second-order valence-corrected chi connectivity index (χ2v) is 3.95. The monoisotopic (exact) mass is 240 g/mol. The van der Waals surface area contributed by atoms with Crippen LogP contribution in [0.2, 0.25) is 0 Å². The molecule has 0 radical (unpaired) electrons. The second kappa shape index (κ2) is 4.33. The number of rotatable bonds is 3. The summed E-state index contributed by atoms with van der Waals surface area (Å²) in [5.74, 6) is 0.766. The molecule has 3 heterocycles. The van der Waals surface area contributed by atoms with Crippen molar-refractivity contribution in [1.29, 1.82) is 0 Å². The molecule has 2 N–H and O–H groups in total. The number of hydrogen-bond donors (Lipinski definition) is 1. The summed E-state index contributed by atoms with van der Waals surface area (Å²) in [7, 11) is 0. The van der Waals surface area contributed by atoms with Crippen molar-refractivity contribution in [1.82, 2.24) is 24.1 Å². The van der Waals surface area contributed by atoms with Crippen LogP contribution in [-0.2, 0) is 6.54 Å². The summed E-state index contributed by atoms with van der Waals surface area (Å²) in [6, 6.07) is 3.68. The summed E-state index contributed by atoms with van der Waals surface area (Å²) < 4.78 is 3.77. The molecule has 0 aliphatic carbocycles. The minimum absolute atomic E-state index is 0.646. The first-order valence-electron chi connectivity index (χ1n) is 5.52. The van der Waals surface area contributed by atoms with Crippen molar-refractivity contribution in [3.63, 3.8) is 0 Å². The van der Waals surface area contributed by atoms with E-state index >= 15 is 0 Å². The number of pyridine rings is 1. The van der Waals surface area contributed by atoms with Gasteiger partial charge in [-0.3, -0.25) is 4.57 Å². The zero-order valence-electron chi connectivity index (χ0n) is 9.64. The third-order valence-electron chi connectivity index (χ3n) is 2.56. The van der Waals surface area contributed by atoms with Crippen molar-refractivity contribution in [2.75, 3.05) is 5.73 Å². The Bertz CT molecular complexity index is 627. The van der Waals surface area contributed by atoms with Crippen molar-refractivity contribution in [2.24, 2.45) is 0 Å². The van der Waals surface area contributed by atoms with E-state index in [-0.39, 0.29) is 0 Å². The molecule has 6 nitrogen and oxygen atoms in total. The van der Waals surface area contributed by atoms with Gasteiger partial charge in [0.2, 0.25) is 0 Å². The molecule has 0 aliphatic heterocycles. The molecule has 3 aromatic rings. The minimum atomic E-state index is 0.646. The van der Waals surface area contributed by atoms with Crippen molar-refractivity contribution in [3.8, 4) is 5.82 Å². The molecule has 0 bridgehead atoms. The van der Waals surface area contributed by atoms with Crippen molar-refractivity contribution >= 4 is 5.69 Å². The molecular weight excluding hydrogens is 228 g/mol. The van der Waals surface area contributed by atoms with Crippen LogP contribution in [0.15, 0.2) is 49.6 Å². The molecule has 6 heteroatoms. The Morgan fingerprint density at radius 3 is 2.61 bits per heavy atom. The predicted molar refractivity (Wildman–Crippen MR) is 67.1 cm³/mol. The van der Waals surface area contributed by atoms with Gasteiger partial charge in [0.15, 0.2) is 0 Å². The summed E-state index contributed by atoms with van der Waals surface area (Å²) in [4.78, 5) is 12.5. The van der Waals surface area contributed by atoms with E-state index in [4.69, 9.17) is 5.73 Å². The lowest BCUT2D eigenvalue weighted by Gasteiger charge is -2.07. The molecule has 0 spiro atoms.